The van der Waals surface area contributed by atoms with E-state index in [4.69, 9.17) is 11.2 Å². The Hall–Kier alpha value is -0.560. The van der Waals surface area contributed by atoms with Crippen molar-refractivity contribution in [3.05, 3.63) is 0 Å². The number of aliphatic hydroxyl groups is 1. The first kappa shape index (κ1) is 13.4. The molecule has 0 heterocycles. The van der Waals surface area contributed by atoms with E-state index >= 15 is 0 Å². The van der Waals surface area contributed by atoms with Gasteiger partial charge in [0.1, 0.15) is 0 Å². The molecule has 0 saturated heterocycles. The van der Waals surface area contributed by atoms with Crippen LogP contribution in [-0.2, 0) is 4.74 Å². The lowest BCUT2D eigenvalue weighted by atomic mass is 10.2. The smallest absolute Gasteiger partial charge is 0.0898 e. The van der Waals surface area contributed by atoms with E-state index in [-0.39, 0.29) is 6.04 Å². The summed E-state index contributed by atoms with van der Waals surface area (Å²) in [5.41, 5.74) is 0. The van der Waals surface area contributed by atoms with E-state index in [9.17, 15) is 5.11 Å². The quantitative estimate of drug-likeness (QED) is 0.591. The maximum Gasteiger partial charge on any atom is 0.0898 e. The summed E-state index contributed by atoms with van der Waals surface area (Å²) in [6.07, 6.45) is 4.69. The largest absolute Gasteiger partial charge is 0.389 e. The van der Waals surface area contributed by atoms with Gasteiger partial charge in [0.15, 0.2) is 0 Å². The van der Waals surface area contributed by atoms with Gasteiger partial charge in [-0.2, -0.15) is 0 Å². The molecule has 3 nitrogen and oxygen atoms in total. The van der Waals surface area contributed by atoms with Gasteiger partial charge in [-0.05, 0) is 12.8 Å². The highest BCUT2D eigenvalue weighted by Gasteiger charge is 2.05. The number of aliphatic hydroxyl groups excluding tert-OH is 1. The molecule has 0 radical (unpaired) electrons. The van der Waals surface area contributed by atoms with Crippen LogP contribution in [0, 0.1) is 18.3 Å². The van der Waals surface area contributed by atoms with Gasteiger partial charge >= 0.3 is 0 Å². The van der Waals surface area contributed by atoms with Crippen LogP contribution in [-0.4, -0.2) is 37.0 Å². The van der Waals surface area contributed by atoms with Crippen molar-refractivity contribution in [3.8, 4) is 12.3 Å². The first-order valence-corrected chi connectivity index (χ1v) is 5.01. The van der Waals surface area contributed by atoms with Gasteiger partial charge in [-0.15, -0.1) is 6.42 Å². The Labute approximate surface area is 86.8 Å². The van der Waals surface area contributed by atoms with Crippen molar-refractivity contribution in [2.75, 3.05) is 19.8 Å². The van der Waals surface area contributed by atoms with Crippen molar-refractivity contribution in [2.24, 2.45) is 5.92 Å². The third kappa shape index (κ3) is 8.06. The highest BCUT2D eigenvalue weighted by atomic mass is 16.5. The van der Waals surface area contributed by atoms with Crippen LogP contribution >= 0.6 is 0 Å². The minimum Gasteiger partial charge on any atom is -0.389 e. The zero-order chi connectivity index (χ0) is 11.0. The van der Waals surface area contributed by atoms with E-state index in [1.54, 1.807) is 0 Å². The number of hydrogen-bond acceptors (Lipinski definition) is 3. The molecule has 0 aliphatic heterocycles. The number of hydrogen-bond donors (Lipinski definition) is 2. The Balaban J connectivity index is 3.37. The normalized spacial score (nSPS) is 15.1. The fraction of sp³-hybridized carbons (Fsp3) is 0.818. The molecule has 0 aliphatic carbocycles. The molecular formula is C11H21NO2. The molecule has 0 aromatic heterocycles. The molecule has 0 aliphatic rings. The van der Waals surface area contributed by atoms with Crippen molar-refractivity contribution in [2.45, 2.75) is 32.9 Å². The predicted octanol–water partition coefficient (Wildman–Crippen LogP) is 0.631. The topological polar surface area (TPSA) is 41.5 Å². The van der Waals surface area contributed by atoms with Crippen molar-refractivity contribution in [3.63, 3.8) is 0 Å². The maximum absolute atomic E-state index is 9.45. The highest BCUT2D eigenvalue weighted by Crippen LogP contribution is 1.93. The van der Waals surface area contributed by atoms with E-state index in [1.807, 2.05) is 6.92 Å². The lowest BCUT2D eigenvalue weighted by Gasteiger charge is -2.14. The van der Waals surface area contributed by atoms with E-state index in [2.05, 4.69) is 25.1 Å². The van der Waals surface area contributed by atoms with E-state index in [1.165, 1.54) is 0 Å². The first-order valence-electron chi connectivity index (χ1n) is 5.01. The van der Waals surface area contributed by atoms with Crippen LogP contribution in [0.5, 0.6) is 0 Å². The van der Waals surface area contributed by atoms with Gasteiger partial charge in [-0.1, -0.05) is 19.8 Å². The number of rotatable bonds is 7. The van der Waals surface area contributed by atoms with Crippen LogP contribution in [0.3, 0.4) is 0 Å². The fourth-order valence-corrected chi connectivity index (χ4v) is 0.870. The summed E-state index contributed by atoms with van der Waals surface area (Å²) in [5.74, 6) is 3.03. The average Bonchev–Trinajstić information content (AvgIpc) is 2.13. The molecule has 0 bridgehead atoms. The standard InChI is InChI=1S/C11H21NO2/c1-5-10(4)12-6-11(13)8-14-7-9(2)3/h1,9-13H,6-8H2,2-4H3. The summed E-state index contributed by atoms with van der Waals surface area (Å²) in [7, 11) is 0. The second-order valence-electron chi connectivity index (χ2n) is 3.88. The molecule has 0 spiro atoms. The lowest BCUT2D eigenvalue weighted by Crippen LogP contribution is -2.35. The summed E-state index contributed by atoms with van der Waals surface area (Å²) >= 11 is 0. The molecule has 0 aromatic carbocycles. The first-order chi connectivity index (χ1) is 6.56. The van der Waals surface area contributed by atoms with Crippen molar-refractivity contribution < 1.29 is 9.84 Å². The van der Waals surface area contributed by atoms with Gasteiger partial charge in [-0.25, -0.2) is 0 Å². The Morgan fingerprint density at radius 3 is 2.50 bits per heavy atom. The van der Waals surface area contributed by atoms with Gasteiger partial charge in [0, 0.05) is 13.2 Å². The van der Waals surface area contributed by atoms with Crippen LogP contribution in [0.2, 0.25) is 0 Å². The Morgan fingerprint density at radius 1 is 1.36 bits per heavy atom. The van der Waals surface area contributed by atoms with Crippen LogP contribution in [0.25, 0.3) is 0 Å². The fourth-order valence-electron chi connectivity index (χ4n) is 0.870. The molecule has 14 heavy (non-hydrogen) atoms. The summed E-state index contributed by atoms with van der Waals surface area (Å²) in [6, 6.07) is -0.00486. The summed E-state index contributed by atoms with van der Waals surface area (Å²) in [4.78, 5) is 0. The molecule has 3 heteroatoms. The van der Waals surface area contributed by atoms with Crippen molar-refractivity contribution in [1.29, 1.82) is 0 Å². The molecule has 2 N–H and O–H groups in total. The van der Waals surface area contributed by atoms with Gasteiger partial charge in [0.25, 0.3) is 0 Å². The van der Waals surface area contributed by atoms with Gasteiger partial charge in [-0.3, -0.25) is 0 Å². The number of nitrogens with one attached hydrogen (secondary N) is 1. The Kier molecular flexibility index (Phi) is 7.50. The summed E-state index contributed by atoms with van der Waals surface area (Å²) in [5, 5.41) is 12.5. The third-order valence-electron chi connectivity index (χ3n) is 1.67. The monoisotopic (exact) mass is 199 g/mol. The van der Waals surface area contributed by atoms with Crippen LogP contribution in [0.1, 0.15) is 20.8 Å². The molecule has 82 valence electrons. The number of ether oxygens (including phenoxy) is 1. The van der Waals surface area contributed by atoms with Gasteiger partial charge < -0.3 is 15.2 Å². The minimum absolute atomic E-state index is 0.00486. The summed E-state index contributed by atoms with van der Waals surface area (Å²) in [6.45, 7) is 7.55. The van der Waals surface area contributed by atoms with Crippen molar-refractivity contribution in [1.82, 2.24) is 5.32 Å². The Morgan fingerprint density at radius 2 is 2.00 bits per heavy atom. The molecule has 2 unspecified atom stereocenters. The highest BCUT2D eigenvalue weighted by molar-refractivity contribution is 4.95. The van der Waals surface area contributed by atoms with Crippen LogP contribution in [0.15, 0.2) is 0 Å². The van der Waals surface area contributed by atoms with E-state index < -0.39 is 6.10 Å². The lowest BCUT2D eigenvalue weighted by molar-refractivity contribution is 0.0258. The maximum atomic E-state index is 9.45. The van der Waals surface area contributed by atoms with Crippen LogP contribution < -0.4 is 5.32 Å². The average molecular weight is 199 g/mol. The van der Waals surface area contributed by atoms with Gasteiger partial charge in [0.2, 0.25) is 0 Å². The molecule has 0 fully saturated rings. The molecular weight excluding hydrogens is 178 g/mol. The number of terminal acetylenes is 1. The second kappa shape index (κ2) is 7.81. The van der Waals surface area contributed by atoms with E-state index in [0.29, 0.717) is 25.7 Å². The second-order valence-corrected chi connectivity index (χ2v) is 3.88. The zero-order valence-corrected chi connectivity index (χ0v) is 9.29. The van der Waals surface area contributed by atoms with Gasteiger partial charge in [0.05, 0.1) is 18.8 Å². The SMILES string of the molecule is C#CC(C)NCC(O)COCC(C)C. The van der Waals surface area contributed by atoms with Crippen molar-refractivity contribution >= 4 is 0 Å². The molecule has 2 atom stereocenters. The van der Waals surface area contributed by atoms with Crippen LogP contribution in [0.4, 0.5) is 0 Å². The molecule has 0 amide bonds. The molecule has 0 aromatic rings. The zero-order valence-electron chi connectivity index (χ0n) is 9.29. The summed E-state index contributed by atoms with van der Waals surface area (Å²) < 4.78 is 5.28. The Bertz CT molecular complexity index is 175. The molecule has 0 saturated carbocycles. The minimum atomic E-state index is -0.482. The van der Waals surface area contributed by atoms with E-state index in [0.717, 1.165) is 0 Å². The third-order valence-corrected chi connectivity index (χ3v) is 1.67. The predicted molar refractivity (Wildman–Crippen MR) is 58.0 cm³/mol. The molecule has 0 rings (SSSR count).